The van der Waals surface area contributed by atoms with Crippen LogP contribution in [0.1, 0.15) is 11.1 Å². The van der Waals surface area contributed by atoms with E-state index < -0.39 is 23.7 Å². The number of esters is 2. The Balaban J connectivity index is 2.80. The number of nitrogens with zero attached hydrogens (tertiary/aromatic N) is 1. The maximum atomic E-state index is 13.3. The van der Waals surface area contributed by atoms with Crippen LogP contribution in [0.15, 0.2) is 52.3 Å². The van der Waals surface area contributed by atoms with Crippen LogP contribution >= 0.6 is 15.9 Å². The lowest BCUT2D eigenvalue weighted by Gasteiger charge is -2.26. The molecule has 0 N–H and O–H groups in total. The third-order valence-electron chi connectivity index (χ3n) is 3.79. The topological polar surface area (TPSA) is 55.8 Å². The molecule has 0 atom stereocenters. The molecule has 0 aromatic heterocycles. The maximum absolute atomic E-state index is 13.3. The minimum Gasteiger partial charge on any atom is -0.465 e. The Kier molecular flexibility index (Phi) is 6.15. The lowest BCUT2D eigenvalue weighted by molar-refractivity contribution is -0.139. The minimum absolute atomic E-state index is 0.0541. The number of carbonyl (C=O) groups excluding carboxylic acids is 2. The monoisotopic (exact) mass is 445 g/mol. The maximum Gasteiger partial charge on any atom is 0.416 e. The molecular formula is C18H15BrF3NO4. The van der Waals surface area contributed by atoms with Gasteiger partial charge in [-0.2, -0.15) is 13.2 Å². The average molecular weight is 446 g/mol. The first kappa shape index (κ1) is 20.8. The fourth-order valence-corrected chi connectivity index (χ4v) is 2.88. The Labute approximate surface area is 161 Å². The second kappa shape index (κ2) is 7.99. The smallest absolute Gasteiger partial charge is 0.416 e. The predicted octanol–water partition coefficient (Wildman–Crippen LogP) is 4.27. The molecule has 1 aromatic carbocycles. The quantitative estimate of drug-likeness (QED) is 0.650. The van der Waals surface area contributed by atoms with Crippen molar-refractivity contribution in [2.75, 3.05) is 19.1 Å². The van der Waals surface area contributed by atoms with Gasteiger partial charge in [0.25, 0.3) is 0 Å². The lowest BCUT2D eigenvalue weighted by Crippen LogP contribution is -2.27. The zero-order chi connectivity index (χ0) is 20.4. The summed E-state index contributed by atoms with van der Waals surface area (Å²) in [4.78, 5) is 25.7. The SMILES string of the molecule is COC(=O)C1=C(C(=O)OC)N(c2cc(C(F)(F)F)cc(Br)c2C)C=CC=C1. The number of hydrogen-bond acceptors (Lipinski definition) is 5. The molecule has 2 rings (SSSR count). The van der Waals surface area contributed by atoms with Gasteiger partial charge in [0.2, 0.25) is 0 Å². The highest BCUT2D eigenvalue weighted by Gasteiger charge is 2.34. The number of methoxy groups -OCH3 is 2. The molecule has 0 saturated carbocycles. The molecule has 144 valence electrons. The normalized spacial score (nSPS) is 14.3. The van der Waals surface area contributed by atoms with Crippen LogP contribution in [0.25, 0.3) is 0 Å². The molecule has 1 aromatic rings. The van der Waals surface area contributed by atoms with Gasteiger partial charge in [-0.15, -0.1) is 0 Å². The Hall–Kier alpha value is -2.55. The first-order valence-electron chi connectivity index (χ1n) is 7.54. The molecule has 0 saturated heterocycles. The minimum atomic E-state index is -4.60. The molecule has 1 aliphatic rings. The molecule has 0 unspecified atom stereocenters. The summed E-state index contributed by atoms with van der Waals surface area (Å²) in [5, 5.41) is 0. The van der Waals surface area contributed by atoms with Gasteiger partial charge in [-0.1, -0.05) is 22.0 Å². The van der Waals surface area contributed by atoms with Gasteiger partial charge in [-0.25, -0.2) is 9.59 Å². The van der Waals surface area contributed by atoms with Crippen molar-refractivity contribution in [1.29, 1.82) is 0 Å². The number of rotatable bonds is 3. The van der Waals surface area contributed by atoms with Gasteiger partial charge in [-0.3, -0.25) is 0 Å². The van der Waals surface area contributed by atoms with E-state index in [-0.39, 0.29) is 21.4 Å². The highest BCUT2D eigenvalue weighted by molar-refractivity contribution is 9.10. The van der Waals surface area contributed by atoms with Gasteiger partial charge in [0.05, 0.1) is 31.0 Å². The van der Waals surface area contributed by atoms with Crippen LogP contribution in [0.5, 0.6) is 0 Å². The second-order valence-corrected chi connectivity index (χ2v) is 6.27. The Morgan fingerprint density at radius 3 is 2.26 bits per heavy atom. The Bertz CT molecular complexity index is 872. The molecule has 27 heavy (non-hydrogen) atoms. The van der Waals surface area contributed by atoms with E-state index in [4.69, 9.17) is 4.74 Å². The number of allylic oxidation sites excluding steroid dienone is 2. The molecule has 0 fully saturated rings. The van der Waals surface area contributed by atoms with Crippen LogP contribution in [0, 0.1) is 6.92 Å². The van der Waals surface area contributed by atoms with Crippen molar-refractivity contribution in [3.05, 3.63) is 63.4 Å². The zero-order valence-corrected chi connectivity index (χ0v) is 16.1. The average Bonchev–Trinajstić information content (AvgIpc) is 2.84. The van der Waals surface area contributed by atoms with E-state index in [1.807, 2.05) is 0 Å². The van der Waals surface area contributed by atoms with E-state index >= 15 is 0 Å². The van der Waals surface area contributed by atoms with Gasteiger partial charge < -0.3 is 14.4 Å². The van der Waals surface area contributed by atoms with Crippen LogP contribution in [0.2, 0.25) is 0 Å². The van der Waals surface area contributed by atoms with E-state index in [1.54, 1.807) is 6.92 Å². The molecule has 0 spiro atoms. The fraction of sp³-hybridized carbons (Fsp3) is 0.222. The molecule has 0 amide bonds. The van der Waals surface area contributed by atoms with Gasteiger partial charge in [0, 0.05) is 10.7 Å². The van der Waals surface area contributed by atoms with E-state index in [2.05, 4.69) is 20.7 Å². The third-order valence-corrected chi connectivity index (χ3v) is 4.62. The number of alkyl halides is 3. The number of halogens is 4. The van der Waals surface area contributed by atoms with Gasteiger partial charge in [0.15, 0.2) is 0 Å². The van der Waals surface area contributed by atoms with Gasteiger partial charge in [0.1, 0.15) is 5.70 Å². The van der Waals surface area contributed by atoms with Crippen molar-refractivity contribution in [2.24, 2.45) is 0 Å². The number of anilines is 1. The Morgan fingerprint density at radius 1 is 1.07 bits per heavy atom. The number of carbonyl (C=O) groups is 2. The van der Waals surface area contributed by atoms with Crippen molar-refractivity contribution in [3.63, 3.8) is 0 Å². The zero-order valence-electron chi connectivity index (χ0n) is 14.6. The van der Waals surface area contributed by atoms with Crippen LogP contribution in [-0.4, -0.2) is 26.2 Å². The molecule has 1 aliphatic heterocycles. The predicted molar refractivity (Wildman–Crippen MR) is 95.7 cm³/mol. The standard InChI is InChI=1S/C18H15BrF3NO4/c1-10-13(19)8-11(18(20,21)22)9-14(10)23-7-5-4-6-12(16(24)26-2)15(23)17(25)27-3/h4-9H,1-3H3. The summed E-state index contributed by atoms with van der Waals surface area (Å²) in [5.41, 5.74) is -0.839. The van der Waals surface area contributed by atoms with Crippen LogP contribution < -0.4 is 4.90 Å². The third kappa shape index (κ3) is 4.24. The highest BCUT2D eigenvalue weighted by Crippen LogP contribution is 2.39. The van der Waals surface area contributed by atoms with Crippen molar-refractivity contribution < 1.29 is 32.2 Å². The molecule has 0 radical (unpaired) electrons. The van der Waals surface area contributed by atoms with Gasteiger partial charge in [-0.05, 0) is 36.8 Å². The Morgan fingerprint density at radius 2 is 1.70 bits per heavy atom. The van der Waals surface area contributed by atoms with E-state index in [0.717, 1.165) is 26.4 Å². The van der Waals surface area contributed by atoms with Crippen LogP contribution in [0.4, 0.5) is 18.9 Å². The summed E-state index contributed by atoms with van der Waals surface area (Å²) in [6.45, 7) is 1.58. The molecular weight excluding hydrogens is 431 g/mol. The van der Waals surface area contributed by atoms with Crippen LogP contribution in [-0.2, 0) is 25.2 Å². The van der Waals surface area contributed by atoms with Crippen LogP contribution in [0.3, 0.4) is 0 Å². The molecule has 5 nitrogen and oxygen atoms in total. The first-order chi connectivity index (χ1) is 12.6. The summed E-state index contributed by atoms with van der Waals surface area (Å²) in [6, 6.07) is 1.84. The van der Waals surface area contributed by atoms with Crippen molar-refractivity contribution in [3.8, 4) is 0 Å². The second-order valence-electron chi connectivity index (χ2n) is 5.42. The largest absolute Gasteiger partial charge is 0.465 e. The molecule has 9 heteroatoms. The lowest BCUT2D eigenvalue weighted by atomic mass is 10.1. The van der Waals surface area contributed by atoms with Crippen molar-refractivity contribution in [2.45, 2.75) is 13.1 Å². The van der Waals surface area contributed by atoms with Crippen molar-refractivity contribution in [1.82, 2.24) is 0 Å². The number of benzene rings is 1. The molecule has 0 bridgehead atoms. The van der Waals surface area contributed by atoms with E-state index in [0.29, 0.717) is 5.56 Å². The van der Waals surface area contributed by atoms with E-state index in [9.17, 15) is 22.8 Å². The fourth-order valence-electron chi connectivity index (χ4n) is 2.43. The highest BCUT2D eigenvalue weighted by atomic mass is 79.9. The summed E-state index contributed by atoms with van der Waals surface area (Å²) >= 11 is 3.12. The number of ether oxygens (including phenoxy) is 2. The summed E-state index contributed by atoms with van der Waals surface area (Å²) < 4.78 is 49.4. The van der Waals surface area contributed by atoms with E-state index in [1.165, 1.54) is 29.3 Å². The van der Waals surface area contributed by atoms with Gasteiger partial charge >= 0.3 is 18.1 Å². The number of hydrogen-bond donors (Lipinski definition) is 0. The first-order valence-corrected chi connectivity index (χ1v) is 8.33. The summed E-state index contributed by atoms with van der Waals surface area (Å²) in [7, 11) is 2.24. The summed E-state index contributed by atoms with van der Waals surface area (Å²) in [5.74, 6) is -1.73. The molecule has 0 aliphatic carbocycles. The molecule has 1 heterocycles. The van der Waals surface area contributed by atoms with Crippen molar-refractivity contribution >= 4 is 33.6 Å². The summed E-state index contributed by atoms with van der Waals surface area (Å²) in [6.07, 6.45) is 1.04.